The molecule has 0 saturated carbocycles. The number of anilines is 3. The molecule has 0 spiro atoms. The summed E-state index contributed by atoms with van der Waals surface area (Å²) >= 11 is 0. The average Bonchev–Trinajstić information content (AvgIpc) is 2.85. The van der Waals surface area contributed by atoms with Crippen molar-refractivity contribution in [3.63, 3.8) is 0 Å². The number of morpholine rings is 1. The van der Waals surface area contributed by atoms with Gasteiger partial charge in [0.15, 0.2) is 0 Å². The van der Waals surface area contributed by atoms with E-state index in [0.29, 0.717) is 23.0 Å². The van der Waals surface area contributed by atoms with Crippen molar-refractivity contribution in [3.05, 3.63) is 54.1 Å². The molecule has 1 N–H and O–H groups in total. The number of pyridine rings is 2. The fraction of sp³-hybridized carbons (Fsp3) is 0.348. The normalized spacial score (nSPS) is 14.0. The Hall–Kier alpha value is -3.61. The topological polar surface area (TPSA) is 103 Å². The molecule has 0 bridgehead atoms. The summed E-state index contributed by atoms with van der Waals surface area (Å²) in [5, 5.41) is 12.7. The highest BCUT2D eigenvalue weighted by Gasteiger charge is 2.13. The largest absolute Gasteiger partial charge is 0.379 e. The molecular formula is C23H26N8O. The van der Waals surface area contributed by atoms with Crippen LogP contribution in [0.25, 0.3) is 11.3 Å². The van der Waals surface area contributed by atoms with Gasteiger partial charge in [-0.25, -0.2) is 15.0 Å². The summed E-state index contributed by atoms with van der Waals surface area (Å²) in [5.41, 5.74) is 3.79. The first-order chi connectivity index (χ1) is 15.7. The van der Waals surface area contributed by atoms with Crippen LogP contribution in [0.2, 0.25) is 0 Å². The van der Waals surface area contributed by atoms with Gasteiger partial charge >= 0.3 is 0 Å². The van der Waals surface area contributed by atoms with Crippen molar-refractivity contribution in [2.24, 2.45) is 0 Å². The van der Waals surface area contributed by atoms with Crippen molar-refractivity contribution >= 4 is 17.5 Å². The van der Waals surface area contributed by atoms with Crippen LogP contribution in [0, 0.1) is 11.3 Å². The maximum Gasteiger partial charge on any atom is 0.227 e. The van der Waals surface area contributed by atoms with Crippen LogP contribution >= 0.6 is 0 Å². The quantitative estimate of drug-likeness (QED) is 0.606. The highest BCUT2D eigenvalue weighted by molar-refractivity contribution is 5.66. The number of nitrogens with zero attached hydrogens (tertiary/aromatic N) is 7. The van der Waals surface area contributed by atoms with E-state index in [4.69, 9.17) is 4.74 Å². The number of aromatic nitrogens is 4. The van der Waals surface area contributed by atoms with Gasteiger partial charge in [0.2, 0.25) is 5.95 Å². The van der Waals surface area contributed by atoms with Gasteiger partial charge in [-0.2, -0.15) is 5.26 Å². The molecule has 0 atom stereocenters. The average molecular weight is 431 g/mol. The lowest BCUT2D eigenvalue weighted by molar-refractivity contribution is 0.0336. The first-order valence-electron chi connectivity index (χ1n) is 10.6. The minimum atomic E-state index is 0.457. The number of hydrogen-bond donors (Lipinski definition) is 1. The molecule has 1 aliphatic heterocycles. The molecule has 4 rings (SSSR count). The second-order valence-corrected chi connectivity index (χ2v) is 7.54. The van der Waals surface area contributed by atoms with Crippen LogP contribution in [0.15, 0.2) is 42.9 Å². The van der Waals surface area contributed by atoms with E-state index in [0.717, 1.165) is 56.3 Å². The Labute approximate surface area is 187 Å². The Kier molecular flexibility index (Phi) is 6.84. The Bertz CT molecular complexity index is 1090. The second-order valence-electron chi connectivity index (χ2n) is 7.54. The lowest BCUT2D eigenvalue weighted by atomic mass is 10.1. The predicted molar refractivity (Wildman–Crippen MR) is 123 cm³/mol. The van der Waals surface area contributed by atoms with E-state index >= 15 is 0 Å². The van der Waals surface area contributed by atoms with Crippen molar-refractivity contribution in [3.8, 4) is 17.3 Å². The maximum atomic E-state index is 9.53. The van der Waals surface area contributed by atoms with Gasteiger partial charge in [0.1, 0.15) is 11.9 Å². The molecular weight excluding hydrogens is 404 g/mol. The van der Waals surface area contributed by atoms with E-state index in [1.165, 1.54) is 0 Å². The van der Waals surface area contributed by atoms with Crippen LogP contribution in [0.1, 0.15) is 18.2 Å². The molecule has 164 valence electrons. The van der Waals surface area contributed by atoms with Crippen molar-refractivity contribution in [2.75, 3.05) is 50.1 Å². The lowest BCUT2D eigenvalue weighted by Crippen LogP contribution is -2.35. The number of ether oxygens (including phenoxy) is 1. The third kappa shape index (κ3) is 5.17. The predicted octanol–water partition coefficient (Wildman–Crippen LogP) is 2.84. The molecule has 4 heterocycles. The van der Waals surface area contributed by atoms with Crippen molar-refractivity contribution in [2.45, 2.75) is 13.5 Å². The fourth-order valence-corrected chi connectivity index (χ4v) is 3.42. The summed E-state index contributed by atoms with van der Waals surface area (Å²) in [6.07, 6.45) is 5.20. The van der Waals surface area contributed by atoms with Gasteiger partial charge in [0.05, 0.1) is 42.0 Å². The highest BCUT2D eigenvalue weighted by Crippen LogP contribution is 2.24. The third-order valence-corrected chi connectivity index (χ3v) is 5.34. The molecule has 32 heavy (non-hydrogen) atoms. The van der Waals surface area contributed by atoms with Crippen molar-refractivity contribution < 1.29 is 4.74 Å². The zero-order valence-electron chi connectivity index (χ0n) is 18.3. The van der Waals surface area contributed by atoms with Gasteiger partial charge in [-0.3, -0.25) is 9.88 Å². The lowest BCUT2D eigenvalue weighted by Gasteiger charge is -2.26. The minimum Gasteiger partial charge on any atom is -0.379 e. The first-order valence-corrected chi connectivity index (χ1v) is 10.6. The molecule has 1 fully saturated rings. The first kappa shape index (κ1) is 21.6. The molecule has 3 aromatic rings. The zero-order chi connectivity index (χ0) is 22.3. The van der Waals surface area contributed by atoms with Gasteiger partial charge in [0, 0.05) is 51.2 Å². The van der Waals surface area contributed by atoms with Crippen LogP contribution in [-0.2, 0) is 11.3 Å². The van der Waals surface area contributed by atoms with Gasteiger partial charge in [0.25, 0.3) is 0 Å². The Morgan fingerprint density at radius 2 is 2.00 bits per heavy atom. The zero-order valence-corrected chi connectivity index (χ0v) is 18.3. The number of nitriles is 1. The summed E-state index contributed by atoms with van der Waals surface area (Å²) in [6.45, 7) is 7.01. The van der Waals surface area contributed by atoms with Crippen LogP contribution in [0.3, 0.4) is 0 Å². The van der Waals surface area contributed by atoms with Crippen LogP contribution in [0.4, 0.5) is 17.5 Å². The Morgan fingerprint density at radius 3 is 2.72 bits per heavy atom. The fourth-order valence-electron chi connectivity index (χ4n) is 3.42. The van der Waals surface area contributed by atoms with E-state index < -0.39 is 0 Å². The van der Waals surface area contributed by atoms with E-state index in [1.54, 1.807) is 24.7 Å². The molecule has 0 aliphatic carbocycles. The summed E-state index contributed by atoms with van der Waals surface area (Å²) in [4.78, 5) is 22.2. The van der Waals surface area contributed by atoms with Gasteiger partial charge in [-0.1, -0.05) is 0 Å². The SMILES string of the molecule is CCN(C)c1ncc(-c2ccnc(Nc3ccc(CN4CCOCC4)nc3)n2)cc1C#N. The standard InChI is InChI=1S/C23H26N8O/c1-3-30(2)22-17(13-24)12-18(14-27-22)21-6-7-25-23(29-21)28-19-4-5-20(26-15-19)16-31-8-10-32-11-9-31/h4-7,12,14-15H,3,8-11,16H2,1-2H3,(H,25,28,29). The second kappa shape index (κ2) is 10.1. The van der Waals surface area contributed by atoms with Crippen molar-refractivity contribution in [1.82, 2.24) is 24.8 Å². The number of hydrogen-bond acceptors (Lipinski definition) is 9. The maximum absolute atomic E-state index is 9.53. The number of nitrogens with one attached hydrogen (secondary N) is 1. The van der Waals surface area contributed by atoms with Gasteiger partial charge < -0.3 is 15.0 Å². The molecule has 9 heteroatoms. The van der Waals surface area contributed by atoms with Crippen LogP contribution < -0.4 is 10.2 Å². The molecule has 9 nitrogen and oxygen atoms in total. The summed E-state index contributed by atoms with van der Waals surface area (Å²) in [7, 11) is 1.91. The molecule has 0 aromatic carbocycles. The molecule has 0 amide bonds. The minimum absolute atomic E-state index is 0.457. The van der Waals surface area contributed by atoms with E-state index in [9.17, 15) is 5.26 Å². The molecule has 1 saturated heterocycles. The highest BCUT2D eigenvalue weighted by atomic mass is 16.5. The molecule has 0 unspecified atom stereocenters. The summed E-state index contributed by atoms with van der Waals surface area (Å²) < 4.78 is 5.39. The van der Waals surface area contributed by atoms with Crippen molar-refractivity contribution in [1.29, 1.82) is 5.26 Å². The smallest absolute Gasteiger partial charge is 0.227 e. The third-order valence-electron chi connectivity index (χ3n) is 5.34. The Morgan fingerprint density at radius 1 is 1.16 bits per heavy atom. The molecule has 0 radical (unpaired) electrons. The molecule has 1 aliphatic rings. The summed E-state index contributed by atoms with van der Waals surface area (Å²) in [5.74, 6) is 1.12. The van der Waals surface area contributed by atoms with Crippen LogP contribution in [0.5, 0.6) is 0 Å². The van der Waals surface area contributed by atoms with Crippen LogP contribution in [-0.4, -0.2) is 64.7 Å². The summed E-state index contributed by atoms with van der Waals surface area (Å²) in [6, 6.07) is 9.82. The van der Waals surface area contributed by atoms with Gasteiger partial charge in [-0.05, 0) is 31.2 Å². The Balaban J connectivity index is 1.47. The number of rotatable bonds is 7. The van der Waals surface area contributed by atoms with E-state index in [2.05, 4.69) is 36.2 Å². The van der Waals surface area contributed by atoms with E-state index in [-0.39, 0.29) is 0 Å². The monoisotopic (exact) mass is 430 g/mol. The van der Waals surface area contributed by atoms with E-state index in [1.807, 2.05) is 37.1 Å². The van der Waals surface area contributed by atoms with Gasteiger partial charge in [-0.15, -0.1) is 0 Å². The molecule has 3 aromatic heterocycles.